The van der Waals surface area contributed by atoms with Crippen LogP contribution in [-0.4, -0.2) is 21.8 Å². The molecule has 0 bridgehead atoms. The van der Waals surface area contributed by atoms with Crippen molar-refractivity contribution in [3.05, 3.63) is 70.5 Å². The number of ketones is 1. The van der Waals surface area contributed by atoms with Gasteiger partial charge in [-0.25, -0.2) is 9.18 Å². The summed E-state index contributed by atoms with van der Waals surface area (Å²) >= 11 is 0. The Morgan fingerprint density at radius 1 is 1.05 bits per heavy atom. The second kappa shape index (κ2) is 5.69. The van der Waals surface area contributed by atoms with Crippen molar-refractivity contribution in [3.63, 3.8) is 0 Å². The molecule has 22 heavy (non-hydrogen) atoms. The number of Topliss-reactive ketones (excluding diaryl/α,β-unsaturated/α-hetero) is 1. The fraction of sp³-hybridized carbons (Fsp3) is 0.176. The van der Waals surface area contributed by atoms with Crippen molar-refractivity contribution in [3.8, 4) is 0 Å². The number of carbonyl (C=O) groups is 2. The van der Waals surface area contributed by atoms with Gasteiger partial charge in [-0.2, -0.15) is 0 Å². The number of nitrogens with zero attached hydrogens (tertiary/aromatic N) is 1. The highest BCUT2D eigenvalue weighted by Crippen LogP contribution is 2.29. The van der Waals surface area contributed by atoms with E-state index >= 15 is 0 Å². The van der Waals surface area contributed by atoms with E-state index in [4.69, 9.17) is 5.11 Å². The van der Waals surface area contributed by atoms with E-state index in [1.807, 2.05) is 35.2 Å². The van der Waals surface area contributed by atoms with E-state index < -0.39 is 17.6 Å². The van der Waals surface area contributed by atoms with Crippen LogP contribution < -0.4 is 0 Å². The fourth-order valence-corrected chi connectivity index (χ4v) is 2.80. The summed E-state index contributed by atoms with van der Waals surface area (Å²) in [6.07, 6.45) is 0. The summed E-state index contributed by atoms with van der Waals surface area (Å²) in [5, 5.41) is 8.88. The standard InChI is InChI=1S/C17H14FNO3/c18-15-7-6-12(16(20)17(21)22)13-9-19(10-14(13)15)8-11-4-2-1-3-5-11/h1-7H,8-10H2,(H,21,22). The van der Waals surface area contributed by atoms with Crippen LogP contribution in [0.1, 0.15) is 27.0 Å². The van der Waals surface area contributed by atoms with Crippen molar-refractivity contribution in [2.45, 2.75) is 19.6 Å². The lowest BCUT2D eigenvalue weighted by atomic mass is 10.00. The maximum atomic E-state index is 14.0. The molecule has 1 aliphatic rings. The van der Waals surface area contributed by atoms with Gasteiger partial charge in [0.05, 0.1) is 0 Å². The molecule has 5 heteroatoms. The van der Waals surface area contributed by atoms with Gasteiger partial charge in [-0.15, -0.1) is 0 Å². The number of carbonyl (C=O) groups excluding carboxylic acids is 1. The molecule has 0 spiro atoms. The molecule has 0 fully saturated rings. The molecular formula is C17H14FNO3. The van der Waals surface area contributed by atoms with Crippen LogP contribution in [0, 0.1) is 5.82 Å². The molecule has 4 nitrogen and oxygen atoms in total. The van der Waals surface area contributed by atoms with Gasteiger partial charge in [-0.1, -0.05) is 30.3 Å². The van der Waals surface area contributed by atoms with Crippen LogP contribution >= 0.6 is 0 Å². The molecule has 0 unspecified atom stereocenters. The van der Waals surface area contributed by atoms with Crippen molar-refractivity contribution in [2.24, 2.45) is 0 Å². The highest BCUT2D eigenvalue weighted by molar-refractivity contribution is 6.40. The van der Waals surface area contributed by atoms with Crippen molar-refractivity contribution in [1.29, 1.82) is 0 Å². The Labute approximate surface area is 126 Å². The first-order valence-corrected chi connectivity index (χ1v) is 6.90. The van der Waals surface area contributed by atoms with E-state index in [1.54, 1.807) is 0 Å². The van der Waals surface area contributed by atoms with E-state index in [-0.39, 0.29) is 5.56 Å². The number of halogens is 1. The summed E-state index contributed by atoms with van der Waals surface area (Å²) < 4.78 is 14.0. The fourth-order valence-electron chi connectivity index (χ4n) is 2.80. The van der Waals surface area contributed by atoms with E-state index in [0.717, 1.165) is 5.56 Å². The van der Waals surface area contributed by atoms with E-state index in [9.17, 15) is 14.0 Å². The zero-order valence-electron chi connectivity index (χ0n) is 11.8. The maximum Gasteiger partial charge on any atom is 0.377 e. The Bertz CT molecular complexity index is 743. The molecule has 2 aromatic carbocycles. The second-order valence-corrected chi connectivity index (χ2v) is 5.32. The molecule has 0 saturated heterocycles. The smallest absolute Gasteiger partial charge is 0.377 e. The molecule has 0 atom stereocenters. The molecule has 3 rings (SSSR count). The van der Waals surface area contributed by atoms with Crippen LogP contribution in [-0.2, 0) is 24.4 Å². The number of hydrogen-bond donors (Lipinski definition) is 1. The highest BCUT2D eigenvalue weighted by atomic mass is 19.1. The number of carboxylic acids is 1. The molecule has 0 aliphatic carbocycles. The highest BCUT2D eigenvalue weighted by Gasteiger charge is 2.29. The number of hydrogen-bond acceptors (Lipinski definition) is 3. The Hall–Kier alpha value is -2.53. The van der Waals surface area contributed by atoms with Crippen LogP contribution in [0.5, 0.6) is 0 Å². The summed E-state index contributed by atoms with van der Waals surface area (Å²) in [5.41, 5.74) is 2.08. The van der Waals surface area contributed by atoms with Gasteiger partial charge in [0.15, 0.2) is 0 Å². The summed E-state index contributed by atoms with van der Waals surface area (Å²) in [6, 6.07) is 12.2. The van der Waals surface area contributed by atoms with Crippen LogP contribution in [0.15, 0.2) is 42.5 Å². The summed E-state index contributed by atoms with van der Waals surface area (Å²) in [4.78, 5) is 24.6. The van der Waals surface area contributed by atoms with Gasteiger partial charge in [0.1, 0.15) is 5.82 Å². The van der Waals surface area contributed by atoms with Gasteiger partial charge in [-0.3, -0.25) is 9.69 Å². The van der Waals surface area contributed by atoms with Crippen LogP contribution in [0.4, 0.5) is 4.39 Å². The van der Waals surface area contributed by atoms with Gasteiger partial charge >= 0.3 is 5.97 Å². The summed E-state index contributed by atoms with van der Waals surface area (Å²) in [6.45, 7) is 1.36. The van der Waals surface area contributed by atoms with Crippen LogP contribution in [0.2, 0.25) is 0 Å². The predicted octanol–water partition coefficient (Wildman–Crippen LogP) is 2.61. The average Bonchev–Trinajstić information content (AvgIpc) is 2.92. The Kier molecular flexibility index (Phi) is 3.73. The first-order valence-electron chi connectivity index (χ1n) is 6.90. The molecule has 1 heterocycles. The molecule has 112 valence electrons. The topological polar surface area (TPSA) is 57.6 Å². The normalized spacial score (nSPS) is 13.9. The molecule has 1 aliphatic heterocycles. The predicted molar refractivity (Wildman–Crippen MR) is 77.8 cm³/mol. The van der Waals surface area contributed by atoms with Gasteiger partial charge in [0.25, 0.3) is 5.78 Å². The Morgan fingerprint density at radius 2 is 1.73 bits per heavy atom. The maximum absolute atomic E-state index is 14.0. The second-order valence-electron chi connectivity index (χ2n) is 5.32. The third-order valence-corrected chi connectivity index (χ3v) is 3.83. The lowest BCUT2D eigenvalue weighted by Gasteiger charge is -2.14. The van der Waals surface area contributed by atoms with E-state index in [2.05, 4.69) is 0 Å². The molecule has 0 amide bonds. The molecule has 0 aromatic heterocycles. The lowest BCUT2D eigenvalue weighted by molar-refractivity contribution is -0.131. The van der Waals surface area contributed by atoms with E-state index in [1.165, 1.54) is 12.1 Å². The minimum Gasteiger partial charge on any atom is -0.475 e. The third kappa shape index (κ3) is 2.63. The number of rotatable bonds is 4. The first kappa shape index (κ1) is 14.4. The number of aliphatic carboxylic acids is 1. The zero-order valence-corrected chi connectivity index (χ0v) is 11.8. The lowest BCUT2D eigenvalue weighted by Crippen LogP contribution is -2.17. The molecular weight excluding hydrogens is 285 g/mol. The SMILES string of the molecule is O=C(O)C(=O)c1ccc(F)c2c1CN(Cc1ccccc1)C2. The van der Waals surface area contributed by atoms with Crippen LogP contribution in [0.3, 0.4) is 0 Å². The summed E-state index contributed by atoms with van der Waals surface area (Å²) in [5.74, 6) is -2.90. The van der Waals surface area contributed by atoms with E-state index in [0.29, 0.717) is 30.8 Å². The molecule has 0 saturated carbocycles. The van der Waals surface area contributed by atoms with Crippen molar-refractivity contribution in [1.82, 2.24) is 4.90 Å². The molecule has 1 N–H and O–H groups in total. The largest absolute Gasteiger partial charge is 0.475 e. The summed E-state index contributed by atoms with van der Waals surface area (Å²) in [7, 11) is 0. The first-order chi connectivity index (χ1) is 10.6. The zero-order chi connectivity index (χ0) is 15.7. The minimum absolute atomic E-state index is 0.0828. The number of benzene rings is 2. The third-order valence-electron chi connectivity index (χ3n) is 3.83. The number of fused-ring (bicyclic) bond motifs is 1. The Balaban J connectivity index is 1.89. The monoisotopic (exact) mass is 299 g/mol. The van der Waals surface area contributed by atoms with Crippen molar-refractivity contribution >= 4 is 11.8 Å². The van der Waals surface area contributed by atoms with Crippen molar-refractivity contribution < 1.29 is 19.1 Å². The quantitative estimate of drug-likeness (QED) is 0.696. The van der Waals surface area contributed by atoms with Crippen LogP contribution in [0.25, 0.3) is 0 Å². The number of carboxylic acid groups (broad SMARTS) is 1. The van der Waals surface area contributed by atoms with Gasteiger partial charge < -0.3 is 5.11 Å². The van der Waals surface area contributed by atoms with Gasteiger partial charge in [0.2, 0.25) is 0 Å². The van der Waals surface area contributed by atoms with Crippen molar-refractivity contribution in [2.75, 3.05) is 0 Å². The molecule has 2 aromatic rings. The average molecular weight is 299 g/mol. The Morgan fingerprint density at radius 3 is 2.41 bits per heavy atom. The minimum atomic E-state index is -1.52. The molecule has 0 radical (unpaired) electrons. The van der Waals surface area contributed by atoms with Gasteiger partial charge in [-0.05, 0) is 23.3 Å². The van der Waals surface area contributed by atoms with Gasteiger partial charge in [0, 0.05) is 30.8 Å².